The Kier molecular flexibility index (Phi) is 4.75. The van der Waals surface area contributed by atoms with Crippen LogP contribution in [0.2, 0.25) is 0 Å². The third kappa shape index (κ3) is 3.44. The summed E-state index contributed by atoms with van der Waals surface area (Å²) in [6, 6.07) is 7.80. The predicted octanol–water partition coefficient (Wildman–Crippen LogP) is 2.46. The van der Waals surface area contributed by atoms with Crippen LogP contribution in [0.4, 0.5) is 0 Å². The molecule has 0 radical (unpaired) electrons. The van der Waals surface area contributed by atoms with E-state index in [2.05, 4.69) is 4.72 Å². The van der Waals surface area contributed by atoms with Crippen molar-refractivity contribution in [3.05, 3.63) is 36.0 Å². The zero-order valence-electron chi connectivity index (χ0n) is 13.4. The number of sulfonamides is 1. The Balaban J connectivity index is 1.72. The Hall–Kier alpha value is -1.37. The van der Waals surface area contributed by atoms with Crippen LogP contribution in [0, 0.1) is 0 Å². The Morgan fingerprint density at radius 3 is 2.70 bits per heavy atom. The maximum atomic E-state index is 12.4. The van der Waals surface area contributed by atoms with E-state index in [1.165, 1.54) is 0 Å². The lowest BCUT2D eigenvalue weighted by Crippen LogP contribution is -2.37. The van der Waals surface area contributed by atoms with Gasteiger partial charge in [-0.05, 0) is 18.9 Å². The molecule has 1 atom stereocenters. The Bertz CT molecular complexity index is 776. The number of aromatic nitrogens is 1. The molecule has 1 saturated carbocycles. The largest absolute Gasteiger partial charge is 0.387 e. The monoisotopic (exact) mass is 336 g/mol. The first-order valence-corrected chi connectivity index (χ1v) is 9.74. The van der Waals surface area contributed by atoms with Gasteiger partial charge in [-0.3, -0.25) is 0 Å². The quantitative estimate of drug-likeness (QED) is 0.881. The van der Waals surface area contributed by atoms with Crippen molar-refractivity contribution in [3.8, 4) is 0 Å². The van der Waals surface area contributed by atoms with Crippen molar-refractivity contribution < 1.29 is 13.5 Å². The lowest BCUT2D eigenvalue weighted by Gasteiger charge is -2.22. The fourth-order valence-electron chi connectivity index (χ4n) is 3.44. The highest BCUT2D eigenvalue weighted by Crippen LogP contribution is 2.27. The van der Waals surface area contributed by atoms with Crippen LogP contribution in [-0.2, 0) is 17.1 Å². The highest BCUT2D eigenvalue weighted by molar-refractivity contribution is 7.90. The molecular weight excluding hydrogens is 312 g/mol. The highest BCUT2D eigenvalue weighted by Gasteiger charge is 2.27. The number of nitrogens with one attached hydrogen (secondary N) is 1. The number of benzene rings is 1. The zero-order chi connectivity index (χ0) is 16.4. The van der Waals surface area contributed by atoms with Crippen LogP contribution >= 0.6 is 0 Å². The number of hydrogen-bond donors (Lipinski definition) is 2. The number of nitrogens with zero attached hydrogens (tertiary/aromatic N) is 1. The van der Waals surface area contributed by atoms with Crippen molar-refractivity contribution in [2.45, 2.75) is 43.5 Å². The van der Waals surface area contributed by atoms with Crippen LogP contribution in [0.1, 0.15) is 43.8 Å². The fourth-order valence-corrected chi connectivity index (χ4v) is 5.02. The molecule has 6 heteroatoms. The van der Waals surface area contributed by atoms with E-state index in [1.807, 2.05) is 42.1 Å². The van der Waals surface area contributed by atoms with E-state index in [0.29, 0.717) is 0 Å². The van der Waals surface area contributed by atoms with Gasteiger partial charge in [-0.1, -0.05) is 37.5 Å². The number of aryl methyl sites for hydroxylation is 1. The number of hydrogen-bond acceptors (Lipinski definition) is 3. The summed E-state index contributed by atoms with van der Waals surface area (Å²) in [5.74, 6) is 0. The predicted molar refractivity (Wildman–Crippen MR) is 91.7 cm³/mol. The fraction of sp³-hybridized carbons (Fsp3) is 0.529. The summed E-state index contributed by atoms with van der Waals surface area (Å²) >= 11 is 0. The molecule has 1 heterocycles. The molecule has 23 heavy (non-hydrogen) atoms. The van der Waals surface area contributed by atoms with Crippen molar-refractivity contribution in [1.82, 2.24) is 9.29 Å². The van der Waals surface area contributed by atoms with E-state index in [0.717, 1.165) is 48.6 Å². The van der Waals surface area contributed by atoms with E-state index >= 15 is 0 Å². The molecule has 1 aliphatic carbocycles. The van der Waals surface area contributed by atoms with Crippen molar-refractivity contribution in [1.29, 1.82) is 0 Å². The Morgan fingerprint density at radius 2 is 1.96 bits per heavy atom. The Morgan fingerprint density at radius 1 is 1.26 bits per heavy atom. The number of para-hydroxylation sites is 1. The first-order chi connectivity index (χ1) is 11.0. The van der Waals surface area contributed by atoms with Crippen molar-refractivity contribution in [2.24, 2.45) is 7.05 Å². The highest BCUT2D eigenvalue weighted by atomic mass is 32.2. The summed E-state index contributed by atoms with van der Waals surface area (Å²) in [4.78, 5) is 0. The van der Waals surface area contributed by atoms with E-state index < -0.39 is 16.1 Å². The van der Waals surface area contributed by atoms with Crippen LogP contribution in [0.5, 0.6) is 0 Å². The van der Waals surface area contributed by atoms with Crippen molar-refractivity contribution in [2.75, 3.05) is 6.54 Å². The van der Waals surface area contributed by atoms with Gasteiger partial charge in [0, 0.05) is 36.3 Å². The number of fused-ring (bicyclic) bond motifs is 1. The van der Waals surface area contributed by atoms with Crippen LogP contribution in [0.3, 0.4) is 0 Å². The molecule has 1 aromatic heterocycles. The van der Waals surface area contributed by atoms with Gasteiger partial charge >= 0.3 is 0 Å². The summed E-state index contributed by atoms with van der Waals surface area (Å²) < 4.78 is 29.3. The second-order valence-electron chi connectivity index (χ2n) is 6.38. The average molecular weight is 336 g/mol. The molecule has 2 N–H and O–H groups in total. The molecule has 1 fully saturated rings. The maximum Gasteiger partial charge on any atom is 0.214 e. The first-order valence-electron chi connectivity index (χ1n) is 8.19. The molecular formula is C17H24N2O3S. The third-order valence-corrected chi connectivity index (χ3v) is 6.67. The standard InChI is InChI=1S/C17H24N2O3S/c1-19-12-15(14-9-5-6-10-16(14)19)17(20)11-18-23(21,22)13-7-3-2-4-8-13/h5-6,9-10,12-13,17-18,20H,2-4,7-8,11H2,1H3. The lowest BCUT2D eigenvalue weighted by atomic mass is 10.0. The molecule has 0 spiro atoms. The lowest BCUT2D eigenvalue weighted by molar-refractivity contribution is 0.183. The van der Waals surface area contributed by atoms with E-state index in [9.17, 15) is 13.5 Å². The van der Waals surface area contributed by atoms with Crippen LogP contribution in [-0.4, -0.2) is 29.9 Å². The second-order valence-corrected chi connectivity index (χ2v) is 8.43. The smallest absolute Gasteiger partial charge is 0.214 e. The number of aliphatic hydroxyl groups is 1. The van der Waals surface area contributed by atoms with Gasteiger partial charge in [0.2, 0.25) is 10.0 Å². The normalized spacial score (nSPS) is 18.3. The Labute approximate surface area is 137 Å². The molecule has 3 rings (SSSR count). The molecule has 0 amide bonds. The molecule has 0 bridgehead atoms. The first kappa shape index (κ1) is 16.5. The number of aliphatic hydroxyl groups excluding tert-OH is 1. The molecule has 1 unspecified atom stereocenters. The molecule has 1 aromatic carbocycles. The summed E-state index contributed by atoms with van der Waals surface area (Å²) in [5, 5.41) is 11.1. The van der Waals surface area contributed by atoms with Crippen LogP contribution < -0.4 is 4.72 Å². The summed E-state index contributed by atoms with van der Waals surface area (Å²) in [7, 11) is -1.43. The molecule has 126 valence electrons. The van der Waals surface area contributed by atoms with Gasteiger partial charge in [0.15, 0.2) is 0 Å². The summed E-state index contributed by atoms with van der Waals surface area (Å²) in [6.07, 6.45) is 5.52. The SMILES string of the molecule is Cn1cc(C(O)CNS(=O)(=O)C2CCCCC2)c2ccccc21. The topological polar surface area (TPSA) is 71.3 Å². The maximum absolute atomic E-state index is 12.4. The van der Waals surface area contributed by atoms with Crippen molar-refractivity contribution >= 4 is 20.9 Å². The average Bonchev–Trinajstić information content (AvgIpc) is 2.91. The zero-order valence-corrected chi connectivity index (χ0v) is 14.2. The minimum Gasteiger partial charge on any atom is -0.387 e. The van der Waals surface area contributed by atoms with Gasteiger partial charge in [0.05, 0.1) is 11.4 Å². The third-order valence-electron chi connectivity index (χ3n) is 4.76. The van der Waals surface area contributed by atoms with Gasteiger partial charge in [0.25, 0.3) is 0 Å². The summed E-state index contributed by atoms with van der Waals surface area (Å²) in [5.41, 5.74) is 1.78. The van der Waals surface area contributed by atoms with Gasteiger partial charge in [-0.25, -0.2) is 13.1 Å². The van der Waals surface area contributed by atoms with Crippen LogP contribution in [0.15, 0.2) is 30.5 Å². The number of rotatable bonds is 5. The molecule has 0 saturated heterocycles. The molecule has 5 nitrogen and oxygen atoms in total. The summed E-state index contributed by atoms with van der Waals surface area (Å²) in [6.45, 7) is 0.0207. The van der Waals surface area contributed by atoms with E-state index in [-0.39, 0.29) is 11.8 Å². The van der Waals surface area contributed by atoms with Crippen molar-refractivity contribution in [3.63, 3.8) is 0 Å². The molecule has 2 aromatic rings. The minimum absolute atomic E-state index is 0.0207. The van der Waals surface area contributed by atoms with Crippen LogP contribution in [0.25, 0.3) is 10.9 Å². The van der Waals surface area contributed by atoms with Gasteiger partial charge in [-0.15, -0.1) is 0 Å². The van der Waals surface area contributed by atoms with Gasteiger partial charge < -0.3 is 9.67 Å². The van der Waals surface area contributed by atoms with E-state index in [1.54, 1.807) is 0 Å². The van der Waals surface area contributed by atoms with E-state index in [4.69, 9.17) is 0 Å². The van der Waals surface area contributed by atoms with Gasteiger partial charge in [-0.2, -0.15) is 0 Å². The molecule has 0 aliphatic heterocycles. The van der Waals surface area contributed by atoms with Gasteiger partial charge in [0.1, 0.15) is 0 Å². The molecule has 1 aliphatic rings. The minimum atomic E-state index is -3.35. The second kappa shape index (κ2) is 6.63.